The molecular weight excluding hydrogens is 202 g/mol. The van der Waals surface area contributed by atoms with Crippen molar-refractivity contribution in [1.82, 2.24) is 10.2 Å². The van der Waals surface area contributed by atoms with Gasteiger partial charge in [0.1, 0.15) is 0 Å². The maximum atomic E-state index is 5.38. The molecule has 1 aliphatic rings. The van der Waals surface area contributed by atoms with Gasteiger partial charge < -0.3 is 15.0 Å². The highest BCUT2D eigenvalue weighted by atomic mass is 16.5. The van der Waals surface area contributed by atoms with E-state index in [0.29, 0.717) is 12.5 Å². The summed E-state index contributed by atoms with van der Waals surface area (Å²) in [5.41, 5.74) is 0. The highest BCUT2D eigenvalue weighted by Crippen LogP contribution is 2.13. The van der Waals surface area contributed by atoms with Crippen LogP contribution in [0.15, 0.2) is 17.6 Å². The third-order valence-electron chi connectivity index (χ3n) is 2.62. The molecule has 0 spiro atoms. The van der Waals surface area contributed by atoms with E-state index in [2.05, 4.69) is 35.8 Å². The van der Waals surface area contributed by atoms with Crippen LogP contribution in [0.4, 0.5) is 0 Å². The molecule has 0 aromatic rings. The van der Waals surface area contributed by atoms with Crippen molar-refractivity contribution >= 4 is 5.96 Å². The van der Waals surface area contributed by atoms with Crippen molar-refractivity contribution < 1.29 is 4.74 Å². The summed E-state index contributed by atoms with van der Waals surface area (Å²) in [6.45, 7) is 10.1. The Labute approximate surface area is 98.4 Å². The van der Waals surface area contributed by atoms with Crippen LogP contribution in [-0.4, -0.2) is 50.8 Å². The number of hydrogen-bond acceptors (Lipinski definition) is 2. The van der Waals surface area contributed by atoms with E-state index in [4.69, 9.17) is 4.74 Å². The number of rotatable bonds is 5. The fraction of sp³-hybridized carbons (Fsp3) is 0.750. The number of nitrogens with one attached hydrogen (secondary N) is 1. The van der Waals surface area contributed by atoms with Gasteiger partial charge in [0.2, 0.25) is 0 Å². The second-order valence-corrected chi connectivity index (χ2v) is 4.09. The summed E-state index contributed by atoms with van der Waals surface area (Å²) >= 11 is 0. The Hall–Kier alpha value is -1.03. The van der Waals surface area contributed by atoms with Crippen molar-refractivity contribution in [2.24, 2.45) is 10.9 Å². The van der Waals surface area contributed by atoms with E-state index in [1.807, 2.05) is 6.08 Å². The average molecular weight is 225 g/mol. The minimum atomic E-state index is 0.637. The lowest BCUT2D eigenvalue weighted by atomic mass is 10.1. The topological polar surface area (TPSA) is 36.9 Å². The average Bonchev–Trinajstić information content (AvgIpc) is 2.76. The minimum absolute atomic E-state index is 0.637. The second-order valence-electron chi connectivity index (χ2n) is 4.09. The van der Waals surface area contributed by atoms with Crippen molar-refractivity contribution in [3.63, 3.8) is 0 Å². The van der Waals surface area contributed by atoms with Gasteiger partial charge in [-0.3, -0.25) is 0 Å². The molecule has 0 radical (unpaired) electrons. The Morgan fingerprint density at radius 3 is 3.06 bits per heavy atom. The Bertz CT molecular complexity index is 234. The summed E-state index contributed by atoms with van der Waals surface area (Å²) in [5, 5.41) is 3.28. The molecule has 1 rings (SSSR count). The summed E-state index contributed by atoms with van der Waals surface area (Å²) in [4.78, 5) is 6.62. The third kappa shape index (κ3) is 4.23. The molecule has 0 aromatic carbocycles. The molecule has 1 N–H and O–H groups in total. The van der Waals surface area contributed by atoms with E-state index in [1.165, 1.54) is 0 Å². The molecule has 1 fully saturated rings. The number of hydrogen-bond donors (Lipinski definition) is 1. The standard InChI is InChI=1S/C12H23N3O/c1-4-7-14-12(13-5-2)15(3)9-11-6-8-16-10-11/h4,11H,1,5-10H2,2-3H3,(H,13,14). The Kier molecular flexibility index (Phi) is 5.93. The van der Waals surface area contributed by atoms with Crippen LogP contribution in [0, 0.1) is 5.92 Å². The zero-order valence-electron chi connectivity index (χ0n) is 10.4. The van der Waals surface area contributed by atoms with Gasteiger partial charge in [-0.1, -0.05) is 6.08 Å². The molecule has 0 aromatic heterocycles. The summed E-state index contributed by atoms with van der Waals surface area (Å²) in [6, 6.07) is 0. The predicted molar refractivity (Wildman–Crippen MR) is 67.7 cm³/mol. The molecule has 4 heteroatoms. The number of aliphatic imine (C=N–C) groups is 1. The smallest absolute Gasteiger partial charge is 0.193 e. The van der Waals surface area contributed by atoms with Gasteiger partial charge in [-0.25, -0.2) is 4.99 Å². The number of nitrogens with zero attached hydrogens (tertiary/aromatic N) is 2. The van der Waals surface area contributed by atoms with Gasteiger partial charge in [-0.2, -0.15) is 0 Å². The fourth-order valence-electron chi connectivity index (χ4n) is 1.82. The molecule has 0 aliphatic carbocycles. The monoisotopic (exact) mass is 225 g/mol. The fourth-order valence-corrected chi connectivity index (χ4v) is 1.82. The SMILES string of the molecule is C=CCN=C(NCC)N(C)CC1CCOC1. The first-order valence-corrected chi connectivity index (χ1v) is 5.96. The summed E-state index contributed by atoms with van der Waals surface area (Å²) < 4.78 is 5.38. The molecule has 1 unspecified atom stereocenters. The normalized spacial score (nSPS) is 20.9. The molecular formula is C12H23N3O. The molecule has 1 atom stereocenters. The van der Waals surface area contributed by atoms with Crippen LogP contribution in [0.1, 0.15) is 13.3 Å². The third-order valence-corrected chi connectivity index (χ3v) is 2.62. The maximum absolute atomic E-state index is 5.38. The molecule has 1 saturated heterocycles. The first-order valence-electron chi connectivity index (χ1n) is 5.96. The highest BCUT2D eigenvalue weighted by Gasteiger charge is 2.18. The molecule has 0 bridgehead atoms. The molecule has 0 amide bonds. The largest absolute Gasteiger partial charge is 0.381 e. The van der Waals surface area contributed by atoms with Gasteiger partial charge in [0.15, 0.2) is 5.96 Å². The number of guanidine groups is 1. The van der Waals surface area contributed by atoms with Crippen LogP contribution in [-0.2, 0) is 4.74 Å². The predicted octanol–water partition coefficient (Wildman–Crippen LogP) is 1.11. The lowest BCUT2D eigenvalue weighted by molar-refractivity contribution is 0.181. The van der Waals surface area contributed by atoms with Crippen LogP contribution in [0.2, 0.25) is 0 Å². The van der Waals surface area contributed by atoms with E-state index in [0.717, 1.165) is 38.7 Å². The zero-order valence-corrected chi connectivity index (χ0v) is 10.4. The molecule has 92 valence electrons. The van der Waals surface area contributed by atoms with Crippen LogP contribution in [0.25, 0.3) is 0 Å². The van der Waals surface area contributed by atoms with Crippen molar-refractivity contribution in [2.45, 2.75) is 13.3 Å². The molecule has 1 heterocycles. The first kappa shape index (κ1) is 13.0. The van der Waals surface area contributed by atoms with Gasteiger partial charge in [-0.05, 0) is 13.3 Å². The van der Waals surface area contributed by atoms with Gasteiger partial charge in [0.25, 0.3) is 0 Å². The van der Waals surface area contributed by atoms with Crippen LogP contribution in [0.3, 0.4) is 0 Å². The van der Waals surface area contributed by atoms with E-state index >= 15 is 0 Å². The van der Waals surface area contributed by atoms with Gasteiger partial charge in [0.05, 0.1) is 13.2 Å². The van der Waals surface area contributed by atoms with Crippen molar-refractivity contribution in [2.75, 3.05) is 39.9 Å². The Morgan fingerprint density at radius 1 is 1.69 bits per heavy atom. The van der Waals surface area contributed by atoms with E-state index in [1.54, 1.807) is 0 Å². The van der Waals surface area contributed by atoms with Crippen LogP contribution >= 0.6 is 0 Å². The molecule has 1 aliphatic heterocycles. The minimum Gasteiger partial charge on any atom is -0.381 e. The van der Waals surface area contributed by atoms with Gasteiger partial charge in [0, 0.05) is 32.7 Å². The van der Waals surface area contributed by atoms with Crippen LogP contribution < -0.4 is 5.32 Å². The summed E-state index contributed by atoms with van der Waals surface area (Å²) in [6.07, 6.45) is 2.97. The van der Waals surface area contributed by atoms with E-state index in [-0.39, 0.29) is 0 Å². The zero-order chi connectivity index (χ0) is 11.8. The molecule has 4 nitrogen and oxygen atoms in total. The van der Waals surface area contributed by atoms with Crippen molar-refractivity contribution in [3.8, 4) is 0 Å². The first-order chi connectivity index (χ1) is 7.77. The Balaban J connectivity index is 2.44. The molecule has 16 heavy (non-hydrogen) atoms. The molecule has 0 saturated carbocycles. The van der Waals surface area contributed by atoms with Crippen molar-refractivity contribution in [1.29, 1.82) is 0 Å². The number of ether oxygens (including phenoxy) is 1. The lowest BCUT2D eigenvalue weighted by Gasteiger charge is -2.24. The summed E-state index contributed by atoms with van der Waals surface area (Å²) in [7, 11) is 2.07. The quantitative estimate of drug-likeness (QED) is 0.432. The lowest BCUT2D eigenvalue weighted by Crippen LogP contribution is -2.41. The van der Waals surface area contributed by atoms with Crippen molar-refractivity contribution in [3.05, 3.63) is 12.7 Å². The van der Waals surface area contributed by atoms with E-state index < -0.39 is 0 Å². The second kappa shape index (κ2) is 7.28. The summed E-state index contributed by atoms with van der Waals surface area (Å²) in [5.74, 6) is 1.59. The highest BCUT2D eigenvalue weighted by molar-refractivity contribution is 5.79. The van der Waals surface area contributed by atoms with Gasteiger partial charge in [-0.15, -0.1) is 6.58 Å². The van der Waals surface area contributed by atoms with Gasteiger partial charge >= 0.3 is 0 Å². The Morgan fingerprint density at radius 2 is 2.50 bits per heavy atom. The van der Waals surface area contributed by atoms with Crippen LogP contribution in [0.5, 0.6) is 0 Å². The van der Waals surface area contributed by atoms with E-state index in [9.17, 15) is 0 Å². The maximum Gasteiger partial charge on any atom is 0.193 e.